The first-order valence-electron chi connectivity index (χ1n) is 8.71. The van der Waals surface area contributed by atoms with Crippen molar-refractivity contribution in [3.63, 3.8) is 0 Å². The molecule has 2 amide bonds. The van der Waals surface area contributed by atoms with Crippen LogP contribution >= 0.6 is 22.9 Å². The first-order valence-corrected chi connectivity index (χ1v) is 9.97. The lowest BCUT2D eigenvalue weighted by Crippen LogP contribution is -2.46. The van der Waals surface area contributed by atoms with E-state index in [9.17, 15) is 27.2 Å². The molecule has 1 aliphatic rings. The molecule has 2 heterocycles. The van der Waals surface area contributed by atoms with Crippen molar-refractivity contribution in [2.75, 3.05) is 25.4 Å². The van der Waals surface area contributed by atoms with E-state index < -0.39 is 41.3 Å². The highest BCUT2D eigenvalue weighted by Gasteiger charge is 2.34. The second-order valence-electron chi connectivity index (χ2n) is 6.74. The number of hydrazine groups is 1. The van der Waals surface area contributed by atoms with Crippen molar-refractivity contribution in [1.29, 1.82) is 0 Å². The second kappa shape index (κ2) is 8.40. The fourth-order valence-electron chi connectivity index (χ4n) is 3.12. The number of benzene rings is 1. The van der Waals surface area contributed by atoms with Gasteiger partial charge in [-0.3, -0.25) is 14.6 Å². The van der Waals surface area contributed by atoms with Crippen LogP contribution in [0, 0.1) is 0 Å². The fourth-order valence-corrected chi connectivity index (χ4v) is 4.16. The van der Waals surface area contributed by atoms with Crippen molar-refractivity contribution in [3.8, 4) is 11.1 Å². The van der Waals surface area contributed by atoms with E-state index in [1.165, 1.54) is 16.3 Å². The monoisotopic (exact) mass is 464 g/mol. The minimum atomic E-state index is -4.69. The summed E-state index contributed by atoms with van der Waals surface area (Å²) in [5, 5.41) is 1.60. The van der Waals surface area contributed by atoms with E-state index in [1.807, 2.05) is 0 Å². The van der Waals surface area contributed by atoms with Crippen LogP contribution in [0.3, 0.4) is 0 Å². The van der Waals surface area contributed by atoms with Crippen LogP contribution in [0.15, 0.2) is 23.6 Å². The lowest BCUT2D eigenvalue weighted by atomic mass is 10.0. The number of likely N-dealkylation sites (tertiary alicyclic amines) is 1. The van der Waals surface area contributed by atoms with E-state index in [0.717, 1.165) is 23.5 Å². The predicted octanol–water partition coefficient (Wildman–Crippen LogP) is 3.56. The molecule has 1 saturated heterocycles. The molecule has 0 bridgehead atoms. The number of hydrogen-bond acceptors (Lipinski definition) is 5. The molecule has 30 heavy (non-hydrogen) atoms. The Balaban J connectivity index is 1.87. The molecule has 0 aliphatic carbocycles. The Morgan fingerprint density at radius 3 is 2.63 bits per heavy atom. The number of carbonyl (C=O) groups is 2. The Kier molecular flexibility index (Phi) is 6.25. The van der Waals surface area contributed by atoms with Crippen LogP contribution in [0.25, 0.3) is 11.1 Å². The van der Waals surface area contributed by atoms with E-state index in [1.54, 1.807) is 0 Å². The minimum absolute atomic E-state index is 0.0337. The first kappa shape index (κ1) is 22.3. The summed E-state index contributed by atoms with van der Waals surface area (Å²) in [5.41, 5.74) is 4.90. The zero-order valence-corrected chi connectivity index (χ0v) is 17.0. The number of thiophene rings is 1. The number of nitrogens with zero attached hydrogens (tertiary/aromatic N) is 2. The Labute approximate surface area is 178 Å². The van der Waals surface area contributed by atoms with Crippen molar-refractivity contribution in [1.82, 2.24) is 9.91 Å². The maximum Gasteiger partial charge on any atom is 0.417 e. The van der Waals surface area contributed by atoms with Crippen LogP contribution in [0.2, 0.25) is 5.02 Å². The molecule has 1 unspecified atom stereocenters. The quantitative estimate of drug-likeness (QED) is 0.313. The number of halogens is 5. The van der Waals surface area contributed by atoms with Crippen molar-refractivity contribution in [2.45, 2.75) is 18.8 Å². The van der Waals surface area contributed by atoms with Crippen LogP contribution in [0.4, 0.5) is 22.6 Å². The molecule has 0 saturated carbocycles. The molecule has 1 aliphatic heterocycles. The number of carbonyl (C=O) groups excluding carboxylic acids is 2. The maximum absolute atomic E-state index is 13.3. The van der Waals surface area contributed by atoms with Crippen LogP contribution in [0.1, 0.15) is 22.3 Å². The average Bonchev–Trinajstić information content (AvgIpc) is 3.26. The Morgan fingerprint density at radius 2 is 2.03 bits per heavy atom. The third-order valence-electron chi connectivity index (χ3n) is 4.67. The predicted molar refractivity (Wildman–Crippen MR) is 105 cm³/mol. The van der Waals surface area contributed by atoms with Gasteiger partial charge in [-0.25, -0.2) is 10.2 Å². The van der Waals surface area contributed by atoms with Gasteiger partial charge in [-0.1, -0.05) is 17.7 Å². The topological polar surface area (TPSA) is 92.7 Å². The molecule has 1 atom stereocenters. The lowest BCUT2D eigenvalue weighted by molar-refractivity contribution is -0.137. The summed E-state index contributed by atoms with van der Waals surface area (Å²) in [6.07, 6.45) is -5.60. The smallest absolute Gasteiger partial charge is 0.390 e. The van der Waals surface area contributed by atoms with Gasteiger partial charge in [0.25, 0.3) is 5.91 Å². The average molecular weight is 465 g/mol. The summed E-state index contributed by atoms with van der Waals surface area (Å²) in [4.78, 5) is 26.3. The number of alkyl halides is 4. The van der Waals surface area contributed by atoms with Gasteiger partial charge in [-0.15, -0.1) is 11.3 Å². The first-order chi connectivity index (χ1) is 14.0. The zero-order valence-electron chi connectivity index (χ0n) is 15.4. The molecule has 162 valence electrons. The zero-order chi connectivity index (χ0) is 22.2. The third-order valence-corrected chi connectivity index (χ3v) is 5.81. The van der Waals surface area contributed by atoms with Gasteiger partial charge in [-0.05, 0) is 24.1 Å². The summed E-state index contributed by atoms with van der Waals surface area (Å²) in [6.45, 7) is -0.370. The van der Waals surface area contributed by atoms with Crippen molar-refractivity contribution >= 4 is 39.8 Å². The Hall–Kier alpha value is -2.37. The van der Waals surface area contributed by atoms with Gasteiger partial charge in [0.15, 0.2) is 0 Å². The molecule has 6 nitrogen and oxygen atoms in total. The lowest BCUT2D eigenvalue weighted by Gasteiger charge is -2.21. The summed E-state index contributed by atoms with van der Waals surface area (Å²) < 4.78 is 52.8. The highest BCUT2D eigenvalue weighted by atomic mass is 35.5. The van der Waals surface area contributed by atoms with Crippen LogP contribution < -0.4 is 11.6 Å². The molecule has 1 fully saturated rings. The van der Waals surface area contributed by atoms with Gasteiger partial charge in [0, 0.05) is 17.5 Å². The van der Waals surface area contributed by atoms with Gasteiger partial charge >= 0.3 is 6.18 Å². The molecular formula is C18H17ClF4N4O2S. The maximum atomic E-state index is 13.3. The van der Waals surface area contributed by atoms with Crippen molar-refractivity contribution < 1.29 is 27.2 Å². The van der Waals surface area contributed by atoms with Crippen LogP contribution in [-0.4, -0.2) is 47.5 Å². The van der Waals surface area contributed by atoms with E-state index in [-0.39, 0.29) is 41.2 Å². The normalized spacial score (nSPS) is 16.7. The van der Waals surface area contributed by atoms with Gasteiger partial charge in [0.05, 0.1) is 27.7 Å². The Morgan fingerprint density at radius 1 is 1.33 bits per heavy atom. The number of hydrogen-bond donors (Lipinski definition) is 2. The molecule has 4 N–H and O–H groups in total. The van der Waals surface area contributed by atoms with Crippen molar-refractivity contribution in [3.05, 3.63) is 39.7 Å². The summed E-state index contributed by atoms with van der Waals surface area (Å²) in [5.74, 6) is 4.37. The van der Waals surface area contributed by atoms with Crippen LogP contribution in [0.5, 0.6) is 0 Å². The standard InChI is InChI=1S/C18H17ClF4N4O2S/c19-13-2-1-9(5-12(13)18(21,22)23)11-8-30-16(24)15(11)17(29)27(25)7-14(28)26-4-3-10(20)6-26/h1-2,5,8,10H,3-4,6-7,24-25H2. The number of nitrogen functional groups attached to an aromatic ring is 1. The molecule has 1 aromatic carbocycles. The molecule has 12 heteroatoms. The van der Waals surface area contributed by atoms with Crippen molar-refractivity contribution in [2.24, 2.45) is 5.84 Å². The number of amides is 2. The minimum Gasteiger partial charge on any atom is -0.390 e. The van der Waals surface area contributed by atoms with Gasteiger partial charge in [-0.2, -0.15) is 13.2 Å². The molecular weight excluding hydrogens is 448 g/mol. The van der Waals surface area contributed by atoms with E-state index in [0.29, 0.717) is 5.01 Å². The second-order valence-corrected chi connectivity index (χ2v) is 8.06. The van der Waals surface area contributed by atoms with E-state index >= 15 is 0 Å². The SMILES string of the molecule is Nc1scc(-c2ccc(Cl)c(C(F)(F)F)c2)c1C(=O)N(N)CC(=O)N1CCC(F)C1. The third kappa shape index (κ3) is 4.52. The van der Waals surface area contributed by atoms with E-state index in [4.69, 9.17) is 23.2 Å². The van der Waals surface area contributed by atoms with E-state index in [2.05, 4.69) is 0 Å². The van der Waals surface area contributed by atoms with Gasteiger partial charge < -0.3 is 10.6 Å². The summed E-state index contributed by atoms with van der Waals surface area (Å²) >= 11 is 6.60. The number of rotatable bonds is 4. The molecule has 3 rings (SSSR count). The van der Waals surface area contributed by atoms with Gasteiger partial charge in [0.1, 0.15) is 12.7 Å². The molecule has 1 aromatic heterocycles. The largest absolute Gasteiger partial charge is 0.417 e. The molecule has 0 spiro atoms. The summed E-state index contributed by atoms with van der Waals surface area (Å²) in [7, 11) is 0. The highest BCUT2D eigenvalue weighted by Crippen LogP contribution is 2.40. The molecule has 0 radical (unpaired) electrons. The number of nitrogens with two attached hydrogens (primary N) is 2. The summed E-state index contributed by atoms with van der Waals surface area (Å²) in [6, 6.07) is 3.22. The number of anilines is 1. The highest BCUT2D eigenvalue weighted by molar-refractivity contribution is 7.15. The van der Waals surface area contributed by atoms with Gasteiger partial charge in [0.2, 0.25) is 5.91 Å². The fraction of sp³-hybridized carbons (Fsp3) is 0.333. The molecule has 2 aromatic rings. The Bertz CT molecular complexity index is 982. The van der Waals surface area contributed by atoms with Crippen LogP contribution in [-0.2, 0) is 11.0 Å².